The molecule has 5 heteroatoms. The van der Waals surface area contributed by atoms with Crippen molar-refractivity contribution in [3.8, 4) is 0 Å². The third kappa shape index (κ3) is 4.26. The number of carboxylic acids is 1. The molecule has 2 rings (SSSR count). The summed E-state index contributed by atoms with van der Waals surface area (Å²) in [5.41, 5.74) is 1.40. The van der Waals surface area contributed by atoms with Gasteiger partial charge in [-0.05, 0) is 29.5 Å². The average molecular weight is 321 g/mol. The Bertz CT molecular complexity index is 548. The predicted octanol–water partition coefficient (Wildman–Crippen LogP) is 3.01. The van der Waals surface area contributed by atoms with E-state index in [9.17, 15) is 9.59 Å². The lowest BCUT2D eigenvalue weighted by molar-refractivity contribution is -0.141. The Morgan fingerprint density at radius 1 is 1.27 bits per heavy atom. The van der Waals surface area contributed by atoms with Crippen LogP contribution >= 0.6 is 11.8 Å². The standard InChI is InChI=1S/C17H23NO3S/c1-17(2,3)13-4-6-14(7-5-13)22-11-15(19)18-9-8-12(10-18)16(20)21/h4-7,12H,8-11H2,1-3H3,(H,20,21). The zero-order valence-corrected chi connectivity index (χ0v) is 14.2. The number of benzene rings is 1. The molecule has 1 aromatic carbocycles. The summed E-state index contributed by atoms with van der Waals surface area (Å²) in [4.78, 5) is 25.8. The summed E-state index contributed by atoms with van der Waals surface area (Å²) in [5.74, 6) is -0.823. The van der Waals surface area contributed by atoms with Gasteiger partial charge in [-0.3, -0.25) is 9.59 Å². The van der Waals surface area contributed by atoms with Gasteiger partial charge in [-0.2, -0.15) is 0 Å². The van der Waals surface area contributed by atoms with Crippen LogP contribution in [-0.2, 0) is 15.0 Å². The van der Waals surface area contributed by atoms with E-state index in [2.05, 4.69) is 32.9 Å². The summed E-state index contributed by atoms with van der Waals surface area (Å²) in [6.45, 7) is 7.41. The van der Waals surface area contributed by atoms with Crippen molar-refractivity contribution in [2.75, 3.05) is 18.8 Å². The van der Waals surface area contributed by atoms with Gasteiger partial charge in [-0.15, -0.1) is 11.8 Å². The Kier molecular flexibility index (Phi) is 5.16. The van der Waals surface area contributed by atoms with Crippen LogP contribution in [-0.4, -0.2) is 40.7 Å². The smallest absolute Gasteiger partial charge is 0.308 e. The number of likely N-dealkylation sites (tertiary alicyclic amines) is 1. The maximum atomic E-state index is 12.1. The van der Waals surface area contributed by atoms with Gasteiger partial charge in [0, 0.05) is 18.0 Å². The molecule has 1 unspecified atom stereocenters. The van der Waals surface area contributed by atoms with Crippen LogP contribution in [0.15, 0.2) is 29.2 Å². The first-order valence-electron chi connectivity index (χ1n) is 7.51. The molecule has 1 atom stereocenters. The highest BCUT2D eigenvalue weighted by molar-refractivity contribution is 8.00. The minimum atomic E-state index is -0.805. The normalized spacial score (nSPS) is 18.5. The number of carboxylic acid groups (broad SMARTS) is 1. The first kappa shape index (κ1) is 16.9. The quantitative estimate of drug-likeness (QED) is 0.866. The highest BCUT2D eigenvalue weighted by atomic mass is 32.2. The molecule has 0 spiro atoms. The molecular weight excluding hydrogens is 298 g/mol. The average Bonchev–Trinajstić information content (AvgIpc) is 2.94. The van der Waals surface area contributed by atoms with E-state index < -0.39 is 11.9 Å². The molecule has 0 saturated carbocycles. The van der Waals surface area contributed by atoms with Crippen LogP contribution in [0.3, 0.4) is 0 Å². The number of thioether (sulfide) groups is 1. The van der Waals surface area contributed by atoms with Crippen molar-refractivity contribution in [1.29, 1.82) is 0 Å². The molecule has 1 fully saturated rings. The van der Waals surface area contributed by atoms with Gasteiger partial charge < -0.3 is 10.0 Å². The van der Waals surface area contributed by atoms with Gasteiger partial charge in [-0.25, -0.2) is 0 Å². The summed E-state index contributed by atoms with van der Waals surface area (Å²) in [5, 5.41) is 8.97. The maximum absolute atomic E-state index is 12.1. The summed E-state index contributed by atoms with van der Waals surface area (Å²) >= 11 is 1.51. The minimum absolute atomic E-state index is 0.0219. The zero-order chi connectivity index (χ0) is 16.3. The number of amides is 1. The van der Waals surface area contributed by atoms with Gasteiger partial charge in [0.05, 0.1) is 11.7 Å². The predicted molar refractivity (Wildman–Crippen MR) is 88.2 cm³/mol. The monoisotopic (exact) mass is 321 g/mol. The first-order valence-corrected chi connectivity index (χ1v) is 8.50. The number of carbonyl (C=O) groups is 2. The molecule has 0 bridgehead atoms. The lowest BCUT2D eigenvalue weighted by atomic mass is 9.87. The Labute approximate surface area is 135 Å². The molecule has 1 heterocycles. The van der Waals surface area contributed by atoms with Gasteiger partial charge in [-0.1, -0.05) is 32.9 Å². The van der Waals surface area contributed by atoms with Crippen LogP contribution in [0.2, 0.25) is 0 Å². The van der Waals surface area contributed by atoms with Crippen LogP contribution in [0.1, 0.15) is 32.8 Å². The van der Waals surface area contributed by atoms with Crippen LogP contribution in [0, 0.1) is 5.92 Å². The summed E-state index contributed by atoms with van der Waals surface area (Å²) in [6.07, 6.45) is 0.562. The zero-order valence-electron chi connectivity index (χ0n) is 13.3. The van der Waals surface area contributed by atoms with Gasteiger partial charge in [0.15, 0.2) is 0 Å². The second-order valence-electron chi connectivity index (χ2n) is 6.73. The number of rotatable bonds is 4. The fraction of sp³-hybridized carbons (Fsp3) is 0.529. The van der Waals surface area contributed by atoms with Crippen molar-refractivity contribution >= 4 is 23.6 Å². The van der Waals surface area contributed by atoms with Gasteiger partial charge in [0.2, 0.25) is 5.91 Å². The maximum Gasteiger partial charge on any atom is 0.308 e. The summed E-state index contributed by atoms with van der Waals surface area (Å²) < 4.78 is 0. The summed E-state index contributed by atoms with van der Waals surface area (Å²) in [6, 6.07) is 8.29. The van der Waals surface area contributed by atoms with Crippen molar-refractivity contribution < 1.29 is 14.7 Å². The Morgan fingerprint density at radius 2 is 1.91 bits per heavy atom. The fourth-order valence-electron chi connectivity index (χ4n) is 2.48. The molecular formula is C17H23NO3S. The largest absolute Gasteiger partial charge is 0.481 e. The van der Waals surface area contributed by atoms with E-state index in [4.69, 9.17) is 5.11 Å². The Balaban J connectivity index is 1.85. The highest BCUT2D eigenvalue weighted by Crippen LogP contribution is 2.26. The van der Waals surface area contributed by atoms with Crippen LogP contribution in [0.4, 0.5) is 0 Å². The Hall–Kier alpha value is -1.49. The fourth-order valence-corrected chi connectivity index (χ4v) is 3.28. The third-order valence-corrected chi connectivity index (χ3v) is 4.97. The molecule has 1 aliphatic heterocycles. The van der Waals surface area contributed by atoms with E-state index >= 15 is 0 Å². The molecule has 0 aliphatic carbocycles. The van der Waals surface area contributed by atoms with Gasteiger partial charge in [0.1, 0.15) is 0 Å². The number of aliphatic carboxylic acids is 1. The second-order valence-corrected chi connectivity index (χ2v) is 7.78. The molecule has 1 N–H and O–H groups in total. The van der Waals surface area contributed by atoms with E-state index in [0.29, 0.717) is 25.3 Å². The van der Waals surface area contributed by atoms with Crippen molar-refractivity contribution in [3.05, 3.63) is 29.8 Å². The molecule has 4 nitrogen and oxygen atoms in total. The highest BCUT2D eigenvalue weighted by Gasteiger charge is 2.30. The van der Waals surface area contributed by atoms with Gasteiger partial charge in [0.25, 0.3) is 0 Å². The molecule has 120 valence electrons. The lowest BCUT2D eigenvalue weighted by Gasteiger charge is -2.19. The second kappa shape index (κ2) is 6.73. The molecule has 0 aromatic heterocycles. The van der Waals surface area contributed by atoms with E-state index in [1.165, 1.54) is 17.3 Å². The number of nitrogens with zero attached hydrogens (tertiary/aromatic N) is 1. The van der Waals surface area contributed by atoms with Crippen molar-refractivity contribution in [2.45, 2.75) is 37.5 Å². The molecule has 0 radical (unpaired) electrons. The van der Waals surface area contributed by atoms with Crippen molar-refractivity contribution in [2.24, 2.45) is 5.92 Å². The number of hydrogen-bond acceptors (Lipinski definition) is 3. The first-order chi connectivity index (χ1) is 10.3. The van der Waals surface area contributed by atoms with Crippen LogP contribution < -0.4 is 0 Å². The third-order valence-electron chi connectivity index (χ3n) is 3.97. The Morgan fingerprint density at radius 3 is 2.41 bits per heavy atom. The number of carbonyl (C=O) groups excluding carboxylic acids is 1. The van der Waals surface area contributed by atoms with E-state index in [-0.39, 0.29) is 11.3 Å². The van der Waals surface area contributed by atoms with E-state index in [1.807, 2.05) is 12.1 Å². The van der Waals surface area contributed by atoms with Crippen LogP contribution in [0.25, 0.3) is 0 Å². The SMILES string of the molecule is CC(C)(C)c1ccc(SCC(=O)N2CCC(C(=O)O)C2)cc1. The molecule has 1 saturated heterocycles. The topological polar surface area (TPSA) is 57.6 Å². The molecule has 1 amide bonds. The van der Waals surface area contributed by atoms with Gasteiger partial charge >= 0.3 is 5.97 Å². The number of hydrogen-bond donors (Lipinski definition) is 1. The molecule has 1 aromatic rings. The van der Waals surface area contributed by atoms with E-state index in [0.717, 1.165) is 4.90 Å². The van der Waals surface area contributed by atoms with Crippen molar-refractivity contribution in [1.82, 2.24) is 4.90 Å². The van der Waals surface area contributed by atoms with Crippen molar-refractivity contribution in [3.63, 3.8) is 0 Å². The van der Waals surface area contributed by atoms with Crippen LogP contribution in [0.5, 0.6) is 0 Å². The molecule has 22 heavy (non-hydrogen) atoms. The summed E-state index contributed by atoms with van der Waals surface area (Å²) in [7, 11) is 0. The lowest BCUT2D eigenvalue weighted by Crippen LogP contribution is -2.31. The minimum Gasteiger partial charge on any atom is -0.481 e. The van der Waals surface area contributed by atoms with E-state index in [1.54, 1.807) is 4.90 Å². The molecule has 1 aliphatic rings.